The van der Waals surface area contributed by atoms with Gasteiger partial charge < -0.3 is 10.1 Å². The molecule has 1 N–H and O–H groups in total. The maximum absolute atomic E-state index is 5.84. The van der Waals surface area contributed by atoms with E-state index in [0.29, 0.717) is 12.1 Å². The van der Waals surface area contributed by atoms with Crippen molar-refractivity contribution in [1.82, 2.24) is 10.3 Å². The van der Waals surface area contributed by atoms with Gasteiger partial charge in [0.05, 0.1) is 12.7 Å². The molecule has 2 atom stereocenters. The van der Waals surface area contributed by atoms with Gasteiger partial charge in [0.2, 0.25) is 0 Å². The summed E-state index contributed by atoms with van der Waals surface area (Å²) in [5.41, 5.74) is 2.44. The van der Waals surface area contributed by atoms with Crippen LogP contribution >= 0.6 is 11.8 Å². The van der Waals surface area contributed by atoms with Crippen molar-refractivity contribution in [3.63, 3.8) is 0 Å². The van der Waals surface area contributed by atoms with Crippen molar-refractivity contribution in [1.29, 1.82) is 0 Å². The van der Waals surface area contributed by atoms with Crippen LogP contribution in [0.1, 0.15) is 18.2 Å². The Morgan fingerprint density at radius 1 is 1.56 bits per heavy atom. The predicted octanol–water partition coefficient (Wildman–Crippen LogP) is 1.91. The van der Waals surface area contributed by atoms with E-state index in [1.54, 1.807) is 0 Å². The Balaban J connectivity index is 1.95. The first-order chi connectivity index (χ1) is 8.83. The van der Waals surface area contributed by atoms with Gasteiger partial charge in [-0.2, -0.15) is 11.8 Å². The third-order valence-electron chi connectivity index (χ3n) is 3.38. The fourth-order valence-corrected chi connectivity index (χ4v) is 3.11. The van der Waals surface area contributed by atoms with Crippen molar-refractivity contribution in [3.05, 3.63) is 29.6 Å². The van der Waals surface area contributed by atoms with E-state index in [9.17, 15) is 0 Å². The van der Waals surface area contributed by atoms with Gasteiger partial charge in [-0.25, -0.2) is 0 Å². The maximum atomic E-state index is 5.84. The van der Waals surface area contributed by atoms with Crippen LogP contribution in [-0.2, 0) is 17.6 Å². The smallest absolute Gasteiger partial charge is 0.0822 e. The van der Waals surface area contributed by atoms with Crippen LogP contribution in [0, 0.1) is 0 Å². The van der Waals surface area contributed by atoms with Gasteiger partial charge in [0.25, 0.3) is 0 Å². The number of aryl methyl sites for hydroxylation is 1. The molecule has 1 aromatic heterocycles. The SMILES string of the molecule is CCc1ccc(CC(NC)C2CSCCO2)nc1. The summed E-state index contributed by atoms with van der Waals surface area (Å²) in [6.45, 7) is 3.02. The molecule has 2 heterocycles. The molecule has 1 fully saturated rings. The molecule has 0 amide bonds. The van der Waals surface area contributed by atoms with E-state index in [1.807, 2.05) is 25.0 Å². The number of ether oxygens (including phenoxy) is 1. The number of nitrogens with one attached hydrogen (secondary N) is 1. The number of hydrogen-bond donors (Lipinski definition) is 1. The minimum atomic E-state index is 0.307. The average Bonchev–Trinajstić information content (AvgIpc) is 2.46. The van der Waals surface area contributed by atoms with Gasteiger partial charge in [0.15, 0.2) is 0 Å². The minimum absolute atomic E-state index is 0.307. The molecule has 4 heteroatoms. The van der Waals surface area contributed by atoms with Crippen molar-refractivity contribution < 1.29 is 4.74 Å². The Hall–Kier alpha value is -0.580. The Bertz CT molecular complexity index is 349. The highest BCUT2D eigenvalue weighted by Crippen LogP contribution is 2.17. The first-order valence-corrected chi connectivity index (χ1v) is 7.79. The monoisotopic (exact) mass is 266 g/mol. The fourth-order valence-electron chi connectivity index (χ4n) is 2.17. The van der Waals surface area contributed by atoms with Gasteiger partial charge in [-0.05, 0) is 25.1 Å². The van der Waals surface area contributed by atoms with E-state index in [-0.39, 0.29) is 0 Å². The molecule has 0 bridgehead atoms. The Morgan fingerprint density at radius 3 is 3.00 bits per heavy atom. The number of pyridine rings is 1. The number of hydrogen-bond acceptors (Lipinski definition) is 4. The van der Waals surface area contributed by atoms with Crippen molar-refractivity contribution in [2.75, 3.05) is 25.2 Å². The largest absolute Gasteiger partial charge is 0.375 e. The highest BCUT2D eigenvalue weighted by Gasteiger charge is 2.24. The van der Waals surface area contributed by atoms with Gasteiger partial charge in [0, 0.05) is 35.9 Å². The Labute approximate surface area is 114 Å². The van der Waals surface area contributed by atoms with Crippen molar-refractivity contribution in [2.45, 2.75) is 31.9 Å². The lowest BCUT2D eigenvalue weighted by molar-refractivity contribution is 0.0489. The molecule has 100 valence electrons. The zero-order valence-corrected chi connectivity index (χ0v) is 12.0. The minimum Gasteiger partial charge on any atom is -0.375 e. The van der Waals surface area contributed by atoms with Crippen LogP contribution in [0.15, 0.2) is 18.3 Å². The van der Waals surface area contributed by atoms with E-state index >= 15 is 0 Å². The summed E-state index contributed by atoms with van der Waals surface area (Å²) >= 11 is 1.98. The van der Waals surface area contributed by atoms with Gasteiger partial charge in [-0.15, -0.1) is 0 Å². The second-order valence-electron chi connectivity index (χ2n) is 4.59. The molecular weight excluding hydrogens is 244 g/mol. The molecule has 1 aliphatic heterocycles. The summed E-state index contributed by atoms with van der Waals surface area (Å²) in [4.78, 5) is 4.53. The van der Waals surface area contributed by atoms with Gasteiger partial charge in [-0.1, -0.05) is 13.0 Å². The van der Waals surface area contributed by atoms with E-state index < -0.39 is 0 Å². The first kappa shape index (κ1) is 13.8. The molecule has 0 spiro atoms. The normalized spacial score (nSPS) is 21.8. The molecule has 0 aliphatic carbocycles. The van der Waals surface area contributed by atoms with Gasteiger partial charge in [-0.3, -0.25) is 4.98 Å². The van der Waals surface area contributed by atoms with Crippen LogP contribution in [0.3, 0.4) is 0 Å². The van der Waals surface area contributed by atoms with Crippen LogP contribution in [0.25, 0.3) is 0 Å². The first-order valence-electron chi connectivity index (χ1n) is 6.64. The number of thioether (sulfide) groups is 1. The summed E-state index contributed by atoms with van der Waals surface area (Å²) < 4.78 is 5.84. The second-order valence-corrected chi connectivity index (χ2v) is 5.74. The molecule has 0 saturated carbocycles. The van der Waals surface area contributed by atoms with Crippen LogP contribution in [0.2, 0.25) is 0 Å². The maximum Gasteiger partial charge on any atom is 0.0822 e. The third kappa shape index (κ3) is 3.70. The van der Waals surface area contributed by atoms with Crippen molar-refractivity contribution in [3.8, 4) is 0 Å². The van der Waals surface area contributed by atoms with E-state index in [2.05, 4.69) is 29.4 Å². The number of aromatic nitrogens is 1. The van der Waals surface area contributed by atoms with Crippen LogP contribution in [0.5, 0.6) is 0 Å². The molecule has 1 aromatic rings. The van der Waals surface area contributed by atoms with Crippen LogP contribution in [-0.4, -0.2) is 42.3 Å². The molecule has 1 saturated heterocycles. The van der Waals surface area contributed by atoms with Gasteiger partial charge in [0.1, 0.15) is 0 Å². The molecule has 0 aromatic carbocycles. The Kier molecular flexibility index (Phi) is 5.47. The van der Waals surface area contributed by atoms with Crippen LogP contribution in [0.4, 0.5) is 0 Å². The Morgan fingerprint density at radius 2 is 2.44 bits per heavy atom. The summed E-state index contributed by atoms with van der Waals surface area (Å²) in [5.74, 6) is 2.20. The average molecular weight is 266 g/mol. The molecule has 1 aliphatic rings. The number of likely N-dealkylation sites (N-methyl/N-ethyl adjacent to an activating group) is 1. The third-order valence-corrected chi connectivity index (χ3v) is 4.40. The number of rotatable bonds is 5. The molecule has 2 unspecified atom stereocenters. The van der Waals surface area contributed by atoms with Crippen molar-refractivity contribution in [2.24, 2.45) is 0 Å². The lowest BCUT2D eigenvalue weighted by atomic mass is 10.1. The quantitative estimate of drug-likeness (QED) is 0.883. The van der Waals surface area contributed by atoms with E-state index in [0.717, 1.165) is 36.6 Å². The van der Waals surface area contributed by atoms with Gasteiger partial charge >= 0.3 is 0 Å². The number of nitrogens with zero attached hydrogens (tertiary/aromatic N) is 1. The zero-order chi connectivity index (χ0) is 12.8. The fraction of sp³-hybridized carbons (Fsp3) is 0.643. The molecule has 3 nitrogen and oxygen atoms in total. The predicted molar refractivity (Wildman–Crippen MR) is 77.2 cm³/mol. The van der Waals surface area contributed by atoms with Crippen molar-refractivity contribution >= 4 is 11.8 Å². The summed E-state index contributed by atoms with van der Waals surface area (Å²) in [6.07, 6.45) is 4.27. The summed E-state index contributed by atoms with van der Waals surface area (Å²) in [5, 5.41) is 3.37. The van der Waals surface area contributed by atoms with Crippen LogP contribution < -0.4 is 5.32 Å². The summed E-state index contributed by atoms with van der Waals surface area (Å²) in [6, 6.07) is 4.67. The topological polar surface area (TPSA) is 34.1 Å². The lowest BCUT2D eigenvalue weighted by Crippen LogP contribution is -2.44. The highest BCUT2D eigenvalue weighted by atomic mass is 32.2. The van der Waals surface area contributed by atoms with E-state index in [1.165, 1.54) is 5.56 Å². The molecular formula is C14H22N2OS. The molecule has 2 rings (SSSR count). The zero-order valence-electron chi connectivity index (χ0n) is 11.2. The lowest BCUT2D eigenvalue weighted by Gasteiger charge is -2.29. The molecule has 0 radical (unpaired) electrons. The standard InChI is InChI=1S/C14H22N2OS/c1-3-11-4-5-12(16-9-11)8-13(15-2)14-10-18-7-6-17-14/h4-5,9,13-15H,3,6-8,10H2,1-2H3. The summed E-state index contributed by atoms with van der Waals surface area (Å²) in [7, 11) is 2.01. The highest BCUT2D eigenvalue weighted by molar-refractivity contribution is 7.99. The molecule has 18 heavy (non-hydrogen) atoms. The van der Waals surface area contributed by atoms with E-state index in [4.69, 9.17) is 4.74 Å². The second kappa shape index (κ2) is 7.12.